The number of Topliss-reactive ketones (excluding diaryl/α,β-unsaturated/α-hetero) is 1. The fourth-order valence-electron chi connectivity index (χ4n) is 2.67. The van der Waals surface area contributed by atoms with Crippen molar-refractivity contribution in [2.24, 2.45) is 5.92 Å². The van der Waals surface area contributed by atoms with E-state index in [1.165, 1.54) is 25.9 Å². The molecule has 0 spiro atoms. The van der Waals surface area contributed by atoms with Gasteiger partial charge in [0.05, 0.1) is 6.04 Å². The van der Waals surface area contributed by atoms with Crippen LogP contribution in [0.15, 0.2) is 0 Å². The maximum atomic E-state index is 11.9. The van der Waals surface area contributed by atoms with E-state index in [1.54, 1.807) is 0 Å². The van der Waals surface area contributed by atoms with E-state index in [0.29, 0.717) is 17.7 Å². The Labute approximate surface area is 80.3 Å². The van der Waals surface area contributed by atoms with Crippen molar-refractivity contribution in [1.82, 2.24) is 4.90 Å². The molecule has 1 unspecified atom stereocenters. The van der Waals surface area contributed by atoms with Gasteiger partial charge >= 0.3 is 0 Å². The topological polar surface area (TPSA) is 20.3 Å². The molecular formula is C11H19NO. The highest BCUT2D eigenvalue weighted by atomic mass is 16.1. The third kappa shape index (κ3) is 1.64. The predicted molar refractivity (Wildman–Crippen MR) is 52.6 cm³/mol. The van der Waals surface area contributed by atoms with Gasteiger partial charge in [0.25, 0.3) is 0 Å². The van der Waals surface area contributed by atoms with Gasteiger partial charge in [-0.1, -0.05) is 19.8 Å². The molecule has 1 atom stereocenters. The molecule has 0 aromatic rings. The van der Waals surface area contributed by atoms with E-state index in [-0.39, 0.29) is 0 Å². The summed E-state index contributed by atoms with van der Waals surface area (Å²) >= 11 is 0. The number of rotatable bonds is 3. The van der Waals surface area contributed by atoms with Gasteiger partial charge in [-0.25, -0.2) is 0 Å². The maximum absolute atomic E-state index is 11.9. The predicted octanol–water partition coefficient (Wildman–Crippen LogP) is 1.84. The van der Waals surface area contributed by atoms with Crippen LogP contribution in [0.25, 0.3) is 0 Å². The van der Waals surface area contributed by atoms with Gasteiger partial charge in [0.2, 0.25) is 0 Å². The molecular weight excluding hydrogens is 162 g/mol. The molecule has 2 nitrogen and oxygen atoms in total. The molecule has 13 heavy (non-hydrogen) atoms. The summed E-state index contributed by atoms with van der Waals surface area (Å²) in [5.74, 6) is 0.970. The Morgan fingerprint density at radius 3 is 2.62 bits per heavy atom. The quantitative estimate of drug-likeness (QED) is 0.662. The van der Waals surface area contributed by atoms with Gasteiger partial charge in [0.1, 0.15) is 0 Å². The summed E-state index contributed by atoms with van der Waals surface area (Å²) in [6.07, 6.45) is 5.77. The molecule has 0 aliphatic carbocycles. The van der Waals surface area contributed by atoms with Crippen molar-refractivity contribution in [3.63, 3.8) is 0 Å². The van der Waals surface area contributed by atoms with E-state index < -0.39 is 0 Å². The van der Waals surface area contributed by atoms with Gasteiger partial charge in [0, 0.05) is 5.92 Å². The first-order valence-electron chi connectivity index (χ1n) is 5.60. The fraction of sp³-hybridized carbons (Fsp3) is 0.909. The van der Waals surface area contributed by atoms with E-state index in [4.69, 9.17) is 0 Å². The first-order chi connectivity index (χ1) is 6.33. The number of hydrogen-bond donors (Lipinski definition) is 0. The van der Waals surface area contributed by atoms with Crippen LogP contribution < -0.4 is 0 Å². The molecule has 0 aromatic carbocycles. The molecule has 0 saturated carbocycles. The molecule has 3 heterocycles. The number of carbonyl (C=O) groups excluding carboxylic acids is 1. The van der Waals surface area contributed by atoms with Crippen molar-refractivity contribution < 1.29 is 4.79 Å². The molecule has 0 radical (unpaired) electrons. The van der Waals surface area contributed by atoms with Gasteiger partial charge in [-0.2, -0.15) is 0 Å². The number of carbonyl (C=O) groups is 1. The highest BCUT2D eigenvalue weighted by Crippen LogP contribution is 2.30. The largest absolute Gasteiger partial charge is 0.298 e. The smallest absolute Gasteiger partial charge is 0.153 e. The number of piperidine rings is 3. The number of fused-ring (bicyclic) bond motifs is 3. The number of nitrogens with zero attached hydrogens (tertiary/aromatic N) is 1. The van der Waals surface area contributed by atoms with Crippen LogP contribution in [-0.2, 0) is 4.79 Å². The van der Waals surface area contributed by atoms with Gasteiger partial charge in [-0.15, -0.1) is 0 Å². The van der Waals surface area contributed by atoms with Gasteiger partial charge < -0.3 is 0 Å². The fourth-order valence-corrected chi connectivity index (χ4v) is 2.67. The Bertz CT molecular complexity index is 194. The summed E-state index contributed by atoms with van der Waals surface area (Å²) in [5, 5.41) is 0. The van der Waals surface area contributed by atoms with Crippen molar-refractivity contribution in [2.75, 3.05) is 13.1 Å². The molecule has 74 valence electrons. The molecule has 0 aromatic heterocycles. The lowest BCUT2D eigenvalue weighted by Gasteiger charge is -2.44. The summed E-state index contributed by atoms with van der Waals surface area (Å²) in [5.41, 5.74) is 0. The molecule has 3 rings (SSSR count). The first-order valence-corrected chi connectivity index (χ1v) is 5.60. The monoisotopic (exact) mass is 181 g/mol. The van der Waals surface area contributed by atoms with Crippen LogP contribution in [0.1, 0.15) is 39.0 Å². The Balaban J connectivity index is 1.97. The summed E-state index contributed by atoms with van der Waals surface area (Å²) in [7, 11) is 0. The van der Waals surface area contributed by atoms with Crippen LogP contribution in [0.5, 0.6) is 0 Å². The lowest BCUT2D eigenvalue weighted by molar-refractivity contribution is -0.137. The van der Waals surface area contributed by atoms with E-state index in [0.717, 1.165) is 19.3 Å². The normalized spacial score (nSPS) is 38.2. The van der Waals surface area contributed by atoms with E-state index in [2.05, 4.69) is 11.8 Å². The molecule has 3 saturated heterocycles. The standard InChI is InChI=1S/C11H19NO/c1-2-3-4-10-11(13)9-5-7-12(10)8-6-9/h9-10H,2-8H2,1H3. The highest BCUT2D eigenvalue weighted by molar-refractivity contribution is 5.87. The molecule has 2 heteroatoms. The van der Waals surface area contributed by atoms with E-state index >= 15 is 0 Å². The molecule has 3 aliphatic rings. The van der Waals surface area contributed by atoms with Crippen LogP contribution >= 0.6 is 0 Å². The average Bonchev–Trinajstić information content (AvgIpc) is 2.18. The zero-order valence-electron chi connectivity index (χ0n) is 8.46. The highest BCUT2D eigenvalue weighted by Gasteiger charge is 2.39. The molecule has 3 aliphatic heterocycles. The van der Waals surface area contributed by atoms with Crippen LogP contribution in [0.4, 0.5) is 0 Å². The maximum Gasteiger partial charge on any atom is 0.153 e. The molecule has 0 N–H and O–H groups in total. The Morgan fingerprint density at radius 2 is 2.08 bits per heavy atom. The van der Waals surface area contributed by atoms with Crippen LogP contribution in [-0.4, -0.2) is 29.8 Å². The van der Waals surface area contributed by atoms with Crippen molar-refractivity contribution >= 4 is 5.78 Å². The van der Waals surface area contributed by atoms with Gasteiger partial charge in [0.15, 0.2) is 5.78 Å². The Kier molecular flexibility index (Phi) is 2.68. The van der Waals surface area contributed by atoms with Crippen LogP contribution in [0.3, 0.4) is 0 Å². The summed E-state index contributed by atoms with van der Waals surface area (Å²) in [6.45, 7) is 4.54. The Morgan fingerprint density at radius 1 is 1.38 bits per heavy atom. The van der Waals surface area contributed by atoms with Crippen LogP contribution in [0, 0.1) is 5.92 Å². The van der Waals surface area contributed by atoms with Crippen molar-refractivity contribution in [1.29, 1.82) is 0 Å². The van der Waals surface area contributed by atoms with Crippen molar-refractivity contribution in [3.8, 4) is 0 Å². The van der Waals surface area contributed by atoms with Crippen molar-refractivity contribution in [3.05, 3.63) is 0 Å². The zero-order valence-corrected chi connectivity index (χ0v) is 8.46. The minimum Gasteiger partial charge on any atom is -0.298 e. The SMILES string of the molecule is CCCCC1C(=O)C2CCN1CC2. The summed E-state index contributed by atoms with van der Waals surface area (Å²) in [4.78, 5) is 14.3. The average molecular weight is 181 g/mol. The van der Waals surface area contributed by atoms with Gasteiger partial charge in [-0.05, 0) is 32.4 Å². The van der Waals surface area contributed by atoms with E-state index in [9.17, 15) is 4.79 Å². The second-order valence-corrected chi connectivity index (χ2v) is 4.37. The number of unbranched alkanes of at least 4 members (excludes halogenated alkanes) is 1. The Hall–Kier alpha value is -0.370. The second kappa shape index (κ2) is 3.79. The van der Waals surface area contributed by atoms with Crippen molar-refractivity contribution in [2.45, 2.75) is 45.1 Å². The lowest BCUT2D eigenvalue weighted by Crippen LogP contribution is -2.55. The summed E-state index contributed by atoms with van der Waals surface area (Å²) in [6, 6.07) is 0.299. The van der Waals surface area contributed by atoms with E-state index in [1.807, 2.05) is 0 Å². The van der Waals surface area contributed by atoms with Gasteiger partial charge in [-0.3, -0.25) is 9.69 Å². The molecule has 0 amide bonds. The first kappa shape index (κ1) is 9.20. The minimum absolute atomic E-state index is 0.299. The second-order valence-electron chi connectivity index (χ2n) is 4.37. The molecule has 2 bridgehead atoms. The minimum atomic E-state index is 0.299. The third-order valence-corrected chi connectivity index (χ3v) is 3.53. The third-order valence-electron chi connectivity index (χ3n) is 3.53. The zero-order chi connectivity index (χ0) is 9.26. The lowest BCUT2D eigenvalue weighted by atomic mass is 9.80. The summed E-state index contributed by atoms with van der Waals surface area (Å²) < 4.78 is 0. The number of hydrogen-bond acceptors (Lipinski definition) is 2. The van der Waals surface area contributed by atoms with Crippen LogP contribution in [0.2, 0.25) is 0 Å². The molecule has 3 fully saturated rings. The number of ketones is 1.